The Hall–Kier alpha value is -2.82. The maximum absolute atomic E-state index is 12.6. The molecule has 1 aromatic carbocycles. The zero-order valence-electron chi connectivity index (χ0n) is 18.5. The van der Waals surface area contributed by atoms with Gasteiger partial charge >= 0.3 is 6.72 Å². The van der Waals surface area contributed by atoms with E-state index in [1.54, 1.807) is 28.8 Å². The lowest BCUT2D eigenvalue weighted by molar-refractivity contribution is -0.117. The third kappa shape index (κ3) is 5.88. The number of carbonyl (C=O) groups is 1. The van der Waals surface area contributed by atoms with Crippen molar-refractivity contribution >= 4 is 41.4 Å². The van der Waals surface area contributed by atoms with Gasteiger partial charge < -0.3 is 29.1 Å². The molecule has 12 nitrogen and oxygen atoms in total. The van der Waals surface area contributed by atoms with E-state index in [0.29, 0.717) is 29.6 Å². The molecule has 1 aliphatic rings. The summed E-state index contributed by atoms with van der Waals surface area (Å²) in [4.78, 5) is 35.5. The lowest BCUT2D eigenvalue weighted by Crippen LogP contribution is -2.38. The lowest BCUT2D eigenvalue weighted by atomic mass is 10.0. The molecule has 1 fully saturated rings. The van der Waals surface area contributed by atoms with Gasteiger partial charge in [0.25, 0.3) is 5.91 Å². The van der Waals surface area contributed by atoms with E-state index < -0.39 is 18.5 Å². The molecule has 0 saturated carbocycles. The van der Waals surface area contributed by atoms with Crippen molar-refractivity contribution in [2.45, 2.75) is 31.1 Å². The van der Waals surface area contributed by atoms with Crippen LogP contribution in [0.4, 0.5) is 5.82 Å². The Bertz CT molecular complexity index is 1280. The second-order valence-corrected chi connectivity index (χ2v) is 10.6. The predicted molar refractivity (Wildman–Crippen MR) is 128 cm³/mol. The monoisotopic (exact) mass is 518 g/mol. The quantitative estimate of drug-likeness (QED) is 0.266. The highest BCUT2D eigenvalue weighted by Crippen LogP contribution is 2.47. The number of carbonyl (C=O) groups excluding carboxylic acids is 1. The fourth-order valence-electron chi connectivity index (χ4n) is 3.62. The highest BCUT2D eigenvalue weighted by atomic mass is 32.5. The fraction of sp³-hybridized carbons (Fsp3) is 0.381. The number of aromatic nitrogens is 4. The molecule has 1 saturated heterocycles. The molecule has 0 radical (unpaired) electrons. The highest BCUT2D eigenvalue weighted by molar-refractivity contribution is 8.07. The number of aliphatic hydroxyl groups is 1. The van der Waals surface area contributed by atoms with Gasteiger partial charge in [0.2, 0.25) is 0 Å². The van der Waals surface area contributed by atoms with Crippen LogP contribution in [0.1, 0.15) is 35.8 Å². The van der Waals surface area contributed by atoms with Crippen LogP contribution < -0.4 is 5.32 Å². The van der Waals surface area contributed by atoms with Gasteiger partial charge in [-0.2, -0.15) is 5.26 Å². The first kappa shape index (κ1) is 25.3. The Kier molecular flexibility index (Phi) is 7.83. The molecule has 1 amide bonds. The van der Waals surface area contributed by atoms with Gasteiger partial charge in [0.05, 0.1) is 38.6 Å². The summed E-state index contributed by atoms with van der Waals surface area (Å²) in [7, 11) is 0. The van der Waals surface area contributed by atoms with E-state index in [-0.39, 0.29) is 38.0 Å². The first-order valence-electron chi connectivity index (χ1n) is 10.7. The Labute approximate surface area is 205 Å². The minimum Gasteiger partial charge on any atom is -0.393 e. The molecule has 35 heavy (non-hydrogen) atoms. The van der Waals surface area contributed by atoms with Gasteiger partial charge in [-0.15, -0.1) is 0 Å². The average molecular weight is 518 g/mol. The Balaban J connectivity index is 1.47. The fourth-order valence-corrected chi connectivity index (χ4v) is 4.80. The van der Waals surface area contributed by atoms with Crippen LogP contribution in [0.3, 0.4) is 0 Å². The number of anilines is 1. The average Bonchev–Trinajstić information content (AvgIpc) is 3.49. The van der Waals surface area contributed by atoms with E-state index in [2.05, 4.69) is 20.3 Å². The molecule has 0 spiro atoms. The van der Waals surface area contributed by atoms with Crippen LogP contribution in [-0.4, -0.2) is 60.8 Å². The molecule has 3 atom stereocenters. The number of ether oxygens (including phenoxy) is 1. The molecule has 2 aromatic heterocycles. The second-order valence-electron chi connectivity index (χ2n) is 7.80. The molecule has 2 unspecified atom stereocenters. The Morgan fingerprint density at radius 3 is 2.89 bits per heavy atom. The standard InChI is InChI=1S/C21H23N6O6PS/c22-9-4-10-31-34(30,35)32-12-21(11-28)8-7-16(33-21)27-14-25-17-18(23-13-24-19(17)27)26-20(29)15-5-2-1-3-6-15/h1-3,5-6,13-14,16,28H,4,7-8,10-12H2,(H,30,35)(H,23,24,26,29)/t16-,21?,34?/m1/s1. The molecule has 3 N–H and O–H groups in total. The van der Waals surface area contributed by atoms with Crippen LogP contribution in [-0.2, 0) is 25.6 Å². The van der Waals surface area contributed by atoms with E-state index in [1.807, 2.05) is 12.1 Å². The summed E-state index contributed by atoms with van der Waals surface area (Å²) < 4.78 is 18.3. The number of hydrogen-bond acceptors (Lipinski definition) is 10. The van der Waals surface area contributed by atoms with Crippen molar-refractivity contribution < 1.29 is 28.6 Å². The van der Waals surface area contributed by atoms with Gasteiger partial charge in [-0.25, -0.2) is 15.0 Å². The molecule has 1 aliphatic heterocycles. The van der Waals surface area contributed by atoms with Crippen LogP contribution in [0.15, 0.2) is 43.0 Å². The molecular weight excluding hydrogens is 495 g/mol. The molecular formula is C21H23N6O6PS. The maximum Gasteiger partial charge on any atom is 0.324 e. The van der Waals surface area contributed by atoms with Crippen molar-refractivity contribution in [2.75, 3.05) is 25.1 Å². The minimum absolute atomic E-state index is 0.0518. The molecule has 3 heterocycles. The van der Waals surface area contributed by atoms with Crippen LogP contribution >= 0.6 is 6.72 Å². The number of benzene rings is 1. The number of nitriles is 1. The normalized spacial score (nSPS) is 21.5. The van der Waals surface area contributed by atoms with Gasteiger partial charge in [0, 0.05) is 5.56 Å². The van der Waals surface area contributed by atoms with E-state index in [0.717, 1.165) is 0 Å². The van der Waals surface area contributed by atoms with Crippen molar-refractivity contribution in [1.29, 1.82) is 5.26 Å². The van der Waals surface area contributed by atoms with Crippen molar-refractivity contribution in [3.8, 4) is 6.07 Å². The summed E-state index contributed by atoms with van der Waals surface area (Å²) in [5.74, 6) is -0.0710. The molecule has 0 aliphatic carbocycles. The van der Waals surface area contributed by atoms with E-state index in [4.69, 9.17) is 30.9 Å². The van der Waals surface area contributed by atoms with E-state index in [1.165, 1.54) is 12.7 Å². The SMILES string of the molecule is N#CCCOP(O)(=S)OCC1(CO)CC[C@H](n2cnc3c(NC(=O)c4ccccc4)ncnc32)O1. The topological polar surface area (TPSA) is 165 Å². The largest absolute Gasteiger partial charge is 0.393 e. The molecule has 14 heteroatoms. The van der Waals surface area contributed by atoms with Crippen molar-refractivity contribution in [3.63, 3.8) is 0 Å². The predicted octanol–water partition coefficient (Wildman–Crippen LogP) is 2.28. The summed E-state index contributed by atoms with van der Waals surface area (Å²) in [6.07, 6.45) is 3.27. The molecule has 0 bridgehead atoms. The molecule has 3 aromatic rings. The van der Waals surface area contributed by atoms with Gasteiger partial charge in [-0.05, 0) is 36.8 Å². The number of aliphatic hydroxyl groups excluding tert-OH is 1. The summed E-state index contributed by atoms with van der Waals surface area (Å²) >= 11 is 4.95. The minimum atomic E-state index is -3.58. The smallest absolute Gasteiger partial charge is 0.324 e. The molecule has 4 rings (SSSR count). The number of nitrogens with one attached hydrogen (secondary N) is 1. The van der Waals surface area contributed by atoms with Gasteiger partial charge in [0.15, 0.2) is 17.0 Å². The van der Waals surface area contributed by atoms with Crippen molar-refractivity contribution in [1.82, 2.24) is 19.5 Å². The van der Waals surface area contributed by atoms with Gasteiger partial charge in [0.1, 0.15) is 18.2 Å². The Morgan fingerprint density at radius 1 is 1.34 bits per heavy atom. The van der Waals surface area contributed by atoms with Crippen LogP contribution in [0.2, 0.25) is 0 Å². The summed E-state index contributed by atoms with van der Waals surface area (Å²) in [5, 5.41) is 21.4. The highest BCUT2D eigenvalue weighted by Gasteiger charge is 2.43. The van der Waals surface area contributed by atoms with Crippen LogP contribution in [0, 0.1) is 11.3 Å². The summed E-state index contributed by atoms with van der Waals surface area (Å²) in [6.45, 7) is -4.21. The van der Waals surface area contributed by atoms with Gasteiger partial charge in [-0.3, -0.25) is 9.36 Å². The zero-order valence-corrected chi connectivity index (χ0v) is 20.2. The zero-order chi connectivity index (χ0) is 24.9. The second kappa shape index (κ2) is 10.8. The molecule has 184 valence electrons. The van der Waals surface area contributed by atoms with Crippen molar-refractivity contribution in [3.05, 3.63) is 48.5 Å². The number of imidazole rings is 1. The number of nitrogens with zero attached hydrogens (tertiary/aromatic N) is 5. The van der Waals surface area contributed by atoms with Gasteiger partial charge in [-0.1, -0.05) is 18.2 Å². The third-order valence-corrected chi connectivity index (χ3v) is 7.01. The third-order valence-electron chi connectivity index (χ3n) is 5.42. The van der Waals surface area contributed by atoms with Crippen LogP contribution in [0.25, 0.3) is 11.2 Å². The van der Waals surface area contributed by atoms with Crippen LogP contribution in [0.5, 0.6) is 0 Å². The first-order chi connectivity index (χ1) is 16.9. The summed E-state index contributed by atoms with van der Waals surface area (Å²) in [5.41, 5.74) is 0.181. The van der Waals surface area contributed by atoms with E-state index >= 15 is 0 Å². The van der Waals surface area contributed by atoms with E-state index in [9.17, 15) is 14.8 Å². The number of fused-ring (bicyclic) bond motifs is 1. The first-order valence-corrected chi connectivity index (χ1v) is 13.3. The Morgan fingerprint density at radius 2 is 2.14 bits per heavy atom. The maximum atomic E-state index is 12.6. The number of hydrogen-bond donors (Lipinski definition) is 3. The van der Waals surface area contributed by atoms with Crippen molar-refractivity contribution in [2.24, 2.45) is 0 Å². The summed E-state index contributed by atoms with van der Waals surface area (Å²) in [6, 6.07) is 10.6. The lowest BCUT2D eigenvalue weighted by Gasteiger charge is -2.28. The number of amides is 1. The number of rotatable bonds is 10.